The van der Waals surface area contributed by atoms with Crippen LogP contribution in [0.4, 0.5) is 0 Å². The van der Waals surface area contributed by atoms with Crippen molar-refractivity contribution in [1.29, 1.82) is 0 Å². The Morgan fingerprint density at radius 2 is 2.27 bits per heavy atom. The minimum atomic E-state index is 0.0157. The molecule has 0 aliphatic rings. The van der Waals surface area contributed by atoms with E-state index in [9.17, 15) is 5.11 Å². The van der Waals surface area contributed by atoms with Crippen LogP contribution in [0.2, 0.25) is 5.02 Å². The summed E-state index contributed by atoms with van der Waals surface area (Å²) >= 11 is 5.90. The molecule has 80 valence electrons. The largest absolute Gasteiger partial charge is 0.506 e. The van der Waals surface area contributed by atoms with Crippen LogP contribution in [0.25, 0.3) is 10.9 Å². The Kier molecular flexibility index (Phi) is 2.46. The molecule has 0 radical (unpaired) electrons. The SMILES string of the molecule is COc1cc2[nH]c(CN)cc2c(O)c1Cl. The molecule has 5 heteroatoms. The van der Waals surface area contributed by atoms with E-state index in [-0.39, 0.29) is 10.8 Å². The Bertz CT molecular complexity index is 508. The molecule has 0 spiro atoms. The molecule has 4 nitrogen and oxygen atoms in total. The number of hydrogen-bond donors (Lipinski definition) is 3. The molecular formula is C10H11ClN2O2. The highest BCUT2D eigenvalue weighted by Crippen LogP contribution is 2.39. The van der Waals surface area contributed by atoms with Gasteiger partial charge in [-0.3, -0.25) is 0 Å². The molecule has 0 aliphatic carbocycles. The van der Waals surface area contributed by atoms with E-state index in [1.54, 1.807) is 12.1 Å². The molecule has 0 unspecified atom stereocenters. The lowest BCUT2D eigenvalue weighted by Gasteiger charge is -2.05. The first-order chi connectivity index (χ1) is 7.17. The number of phenols is 1. The minimum Gasteiger partial charge on any atom is -0.506 e. The smallest absolute Gasteiger partial charge is 0.147 e. The summed E-state index contributed by atoms with van der Waals surface area (Å²) in [5, 5.41) is 10.7. The number of benzene rings is 1. The molecule has 0 saturated heterocycles. The standard InChI is InChI=1S/C10H11ClN2O2/c1-15-8-3-7-6(10(14)9(8)11)2-5(4-12)13-7/h2-3,13-14H,4,12H2,1H3. The summed E-state index contributed by atoms with van der Waals surface area (Å²) in [6.45, 7) is 0.383. The summed E-state index contributed by atoms with van der Waals surface area (Å²) in [6.07, 6.45) is 0. The van der Waals surface area contributed by atoms with Crippen molar-refractivity contribution in [1.82, 2.24) is 4.98 Å². The predicted octanol–water partition coefficient (Wildman–Crippen LogP) is 1.99. The van der Waals surface area contributed by atoms with Crippen LogP contribution in [-0.4, -0.2) is 17.2 Å². The van der Waals surface area contributed by atoms with E-state index in [1.165, 1.54) is 7.11 Å². The fourth-order valence-corrected chi connectivity index (χ4v) is 1.76. The molecular weight excluding hydrogens is 216 g/mol. The molecule has 0 saturated carbocycles. The second kappa shape index (κ2) is 3.64. The number of nitrogens with one attached hydrogen (secondary N) is 1. The zero-order valence-corrected chi connectivity index (χ0v) is 8.93. The van der Waals surface area contributed by atoms with Crippen LogP contribution >= 0.6 is 11.6 Å². The number of rotatable bonds is 2. The zero-order chi connectivity index (χ0) is 11.0. The number of ether oxygens (including phenoxy) is 1. The molecule has 1 aromatic heterocycles. The summed E-state index contributed by atoms with van der Waals surface area (Å²) in [6, 6.07) is 3.51. The van der Waals surface area contributed by atoms with Gasteiger partial charge in [-0.25, -0.2) is 0 Å². The second-order valence-corrected chi connectivity index (χ2v) is 3.58. The van der Waals surface area contributed by atoms with Crippen molar-refractivity contribution in [2.24, 2.45) is 5.73 Å². The fourth-order valence-electron chi connectivity index (χ4n) is 1.53. The number of phenolic OH excluding ortho intramolecular Hbond substituents is 1. The quantitative estimate of drug-likeness (QED) is 0.734. The number of methoxy groups -OCH3 is 1. The van der Waals surface area contributed by atoms with E-state index in [4.69, 9.17) is 22.1 Å². The van der Waals surface area contributed by atoms with Crippen LogP contribution in [0, 0.1) is 0 Å². The summed E-state index contributed by atoms with van der Waals surface area (Å²) < 4.78 is 5.03. The van der Waals surface area contributed by atoms with Crippen LogP contribution in [0.15, 0.2) is 12.1 Å². The van der Waals surface area contributed by atoms with Crippen molar-refractivity contribution in [3.8, 4) is 11.5 Å². The van der Waals surface area contributed by atoms with E-state index < -0.39 is 0 Å². The molecule has 0 aliphatic heterocycles. The van der Waals surface area contributed by atoms with Gasteiger partial charge in [0.25, 0.3) is 0 Å². The normalized spacial score (nSPS) is 10.9. The summed E-state index contributed by atoms with van der Waals surface area (Å²) in [7, 11) is 1.50. The molecule has 0 fully saturated rings. The van der Waals surface area contributed by atoms with Gasteiger partial charge < -0.3 is 20.6 Å². The molecule has 0 bridgehead atoms. The third kappa shape index (κ3) is 1.52. The van der Waals surface area contributed by atoms with E-state index in [2.05, 4.69) is 4.98 Å². The van der Waals surface area contributed by atoms with Gasteiger partial charge in [0.15, 0.2) is 0 Å². The van der Waals surface area contributed by atoms with Gasteiger partial charge in [-0.1, -0.05) is 11.6 Å². The number of hydrogen-bond acceptors (Lipinski definition) is 3. The summed E-state index contributed by atoms with van der Waals surface area (Å²) in [4.78, 5) is 3.06. The van der Waals surface area contributed by atoms with E-state index in [1.807, 2.05) is 0 Å². The Morgan fingerprint density at radius 1 is 1.53 bits per heavy atom. The highest BCUT2D eigenvalue weighted by Gasteiger charge is 2.13. The number of fused-ring (bicyclic) bond motifs is 1. The fraction of sp³-hybridized carbons (Fsp3) is 0.200. The predicted molar refractivity (Wildman–Crippen MR) is 59.4 cm³/mol. The third-order valence-electron chi connectivity index (χ3n) is 2.30. The number of aromatic hydroxyl groups is 1. The van der Waals surface area contributed by atoms with Gasteiger partial charge in [-0.15, -0.1) is 0 Å². The number of aromatic amines is 1. The van der Waals surface area contributed by atoms with Gasteiger partial charge in [-0.05, 0) is 6.07 Å². The minimum absolute atomic E-state index is 0.0157. The molecule has 1 heterocycles. The van der Waals surface area contributed by atoms with Crippen LogP contribution < -0.4 is 10.5 Å². The molecule has 1 aromatic carbocycles. The Morgan fingerprint density at radius 3 is 2.87 bits per heavy atom. The van der Waals surface area contributed by atoms with Crippen molar-refractivity contribution < 1.29 is 9.84 Å². The Hall–Kier alpha value is -1.39. The monoisotopic (exact) mass is 226 g/mol. The lowest BCUT2D eigenvalue weighted by molar-refractivity contribution is 0.409. The molecule has 15 heavy (non-hydrogen) atoms. The molecule has 0 amide bonds. The van der Waals surface area contributed by atoms with Gasteiger partial charge in [0.05, 0.1) is 12.6 Å². The first-order valence-electron chi connectivity index (χ1n) is 4.44. The summed E-state index contributed by atoms with van der Waals surface area (Å²) in [5.74, 6) is 0.453. The number of H-pyrrole nitrogens is 1. The third-order valence-corrected chi connectivity index (χ3v) is 2.66. The average molecular weight is 227 g/mol. The highest BCUT2D eigenvalue weighted by molar-refractivity contribution is 6.34. The topological polar surface area (TPSA) is 71.3 Å². The van der Waals surface area contributed by atoms with Crippen LogP contribution in [-0.2, 0) is 6.54 Å². The van der Waals surface area contributed by atoms with Gasteiger partial charge >= 0.3 is 0 Å². The lowest BCUT2D eigenvalue weighted by atomic mass is 10.2. The Balaban J connectivity index is 2.75. The zero-order valence-electron chi connectivity index (χ0n) is 8.17. The molecule has 4 N–H and O–H groups in total. The maximum atomic E-state index is 9.81. The highest BCUT2D eigenvalue weighted by atomic mass is 35.5. The first-order valence-corrected chi connectivity index (χ1v) is 4.82. The number of nitrogens with two attached hydrogens (primary N) is 1. The number of aromatic nitrogens is 1. The van der Waals surface area contributed by atoms with Crippen LogP contribution in [0.5, 0.6) is 11.5 Å². The van der Waals surface area contributed by atoms with E-state index in [0.717, 1.165) is 11.2 Å². The average Bonchev–Trinajstić information content (AvgIpc) is 2.66. The van der Waals surface area contributed by atoms with Crippen LogP contribution in [0.1, 0.15) is 5.69 Å². The van der Waals surface area contributed by atoms with Crippen molar-refractivity contribution >= 4 is 22.5 Å². The van der Waals surface area contributed by atoms with Crippen molar-refractivity contribution in [2.75, 3.05) is 7.11 Å². The van der Waals surface area contributed by atoms with E-state index >= 15 is 0 Å². The van der Waals surface area contributed by atoms with E-state index in [0.29, 0.717) is 17.7 Å². The van der Waals surface area contributed by atoms with Crippen molar-refractivity contribution in [3.05, 3.63) is 22.8 Å². The second-order valence-electron chi connectivity index (χ2n) is 3.20. The molecule has 2 aromatic rings. The van der Waals surface area contributed by atoms with Gasteiger partial charge in [0.2, 0.25) is 0 Å². The van der Waals surface area contributed by atoms with Crippen molar-refractivity contribution in [2.45, 2.75) is 6.54 Å². The summed E-state index contributed by atoms with van der Waals surface area (Å²) in [5.41, 5.74) is 7.09. The number of halogens is 1. The van der Waals surface area contributed by atoms with Gasteiger partial charge in [0.1, 0.15) is 16.5 Å². The Labute approximate surface area is 91.6 Å². The molecule has 2 rings (SSSR count). The first kappa shape index (κ1) is 10.1. The van der Waals surface area contributed by atoms with Gasteiger partial charge in [-0.2, -0.15) is 0 Å². The van der Waals surface area contributed by atoms with Crippen LogP contribution in [0.3, 0.4) is 0 Å². The maximum absolute atomic E-state index is 9.81. The lowest BCUT2D eigenvalue weighted by Crippen LogP contribution is -1.94. The maximum Gasteiger partial charge on any atom is 0.147 e. The molecule has 0 atom stereocenters. The van der Waals surface area contributed by atoms with Gasteiger partial charge in [0, 0.05) is 23.7 Å². The van der Waals surface area contributed by atoms with Crippen molar-refractivity contribution in [3.63, 3.8) is 0 Å².